The van der Waals surface area contributed by atoms with E-state index < -0.39 is 0 Å². The summed E-state index contributed by atoms with van der Waals surface area (Å²) in [5, 5.41) is 0. The van der Waals surface area contributed by atoms with E-state index in [1.54, 1.807) is 0 Å². The van der Waals surface area contributed by atoms with Gasteiger partial charge in [0.2, 0.25) is 5.91 Å². The van der Waals surface area contributed by atoms with Crippen molar-refractivity contribution in [3.63, 3.8) is 0 Å². The lowest BCUT2D eigenvalue weighted by Crippen LogP contribution is -2.42. The number of rotatable bonds is 1. The van der Waals surface area contributed by atoms with E-state index in [2.05, 4.69) is 22.9 Å². The first-order chi connectivity index (χ1) is 5.61. The highest BCUT2D eigenvalue weighted by atomic mass is 79.9. The number of alkyl halides is 1. The molecule has 0 aromatic rings. The monoisotopic (exact) mass is 233 g/mol. The Bertz CT molecular complexity index is 170. The molecule has 1 amide bonds. The minimum absolute atomic E-state index is 0.0252. The van der Waals surface area contributed by atoms with Gasteiger partial charge in [-0.3, -0.25) is 4.79 Å². The predicted molar refractivity (Wildman–Crippen MR) is 53.4 cm³/mol. The number of carbonyl (C=O) groups is 1. The first-order valence-corrected chi connectivity index (χ1v) is 5.45. The van der Waals surface area contributed by atoms with Crippen LogP contribution in [0.3, 0.4) is 0 Å². The molecule has 1 fully saturated rings. The highest BCUT2D eigenvalue weighted by molar-refractivity contribution is 9.10. The number of hydrogen-bond donors (Lipinski definition) is 0. The first-order valence-electron chi connectivity index (χ1n) is 4.54. The van der Waals surface area contributed by atoms with E-state index in [9.17, 15) is 4.79 Å². The van der Waals surface area contributed by atoms with E-state index in [0.29, 0.717) is 5.92 Å². The molecule has 2 atom stereocenters. The third-order valence-corrected chi connectivity index (χ3v) is 2.70. The lowest BCUT2D eigenvalue weighted by molar-refractivity contribution is -0.131. The minimum atomic E-state index is -0.0252. The van der Waals surface area contributed by atoms with Crippen LogP contribution in [0.15, 0.2) is 0 Å². The highest BCUT2D eigenvalue weighted by Gasteiger charge is 2.23. The summed E-state index contributed by atoms with van der Waals surface area (Å²) in [6.07, 6.45) is 2.42. The number of carbonyl (C=O) groups excluding carboxylic acids is 1. The van der Waals surface area contributed by atoms with Gasteiger partial charge in [-0.15, -0.1) is 0 Å². The molecule has 0 spiro atoms. The topological polar surface area (TPSA) is 20.3 Å². The molecule has 1 aliphatic rings. The molecule has 2 nitrogen and oxygen atoms in total. The highest BCUT2D eigenvalue weighted by Crippen LogP contribution is 2.17. The van der Waals surface area contributed by atoms with Crippen molar-refractivity contribution >= 4 is 21.8 Å². The summed E-state index contributed by atoms with van der Waals surface area (Å²) in [6.45, 7) is 5.98. The molecule has 0 saturated carbocycles. The van der Waals surface area contributed by atoms with Gasteiger partial charge in [0.15, 0.2) is 0 Å². The Balaban J connectivity index is 2.46. The van der Waals surface area contributed by atoms with Gasteiger partial charge in [0.25, 0.3) is 0 Å². The van der Waals surface area contributed by atoms with Crippen molar-refractivity contribution in [2.75, 3.05) is 13.1 Å². The summed E-state index contributed by atoms with van der Waals surface area (Å²) in [5.74, 6) is 0.913. The molecule has 0 aromatic carbocycles. The van der Waals surface area contributed by atoms with E-state index >= 15 is 0 Å². The molecule has 1 aliphatic heterocycles. The average molecular weight is 234 g/mol. The molecule has 1 saturated heterocycles. The second-order valence-corrected chi connectivity index (χ2v) is 5.02. The molecule has 1 heterocycles. The second kappa shape index (κ2) is 4.26. The summed E-state index contributed by atoms with van der Waals surface area (Å²) in [5.41, 5.74) is 0. The molecule has 1 rings (SSSR count). The van der Waals surface area contributed by atoms with Crippen molar-refractivity contribution in [3.05, 3.63) is 0 Å². The molecule has 0 aromatic heterocycles. The van der Waals surface area contributed by atoms with Gasteiger partial charge in [-0.2, -0.15) is 0 Å². The van der Waals surface area contributed by atoms with Crippen molar-refractivity contribution in [1.29, 1.82) is 0 Å². The minimum Gasteiger partial charge on any atom is -0.341 e. The fourth-order valence-corrected chi connectivity index (χ4v) is 1.93. The maximum absolute atomic E-state index is 11.5. The number of amides is 1. The molecule has 0 aliphatic carbocycles. The van der Waals surface area contributed by atoms with Gasteiger partial charge in [-0.25, -0.2) is 0 Å². The number of hydrogen-bond acceptors (Lipinski definition) is 1. The Kier molecular flexibility index (Phi) is 3.56. The molecular weight excluding hydrogens is 218 g/mol. The van der Waals surface area contributed by atoms with Crippen LogP contribution < -0.4 is 0 Å². The fraction of sp³-hybridized carbons (Fsp3) is 0.889. The maximum Gasteiger partial charge on any atom is 0.236 e. The number of piperidine rings is 1. The third-order valence-electron chi connectivity index (χ3n) is 2.31. The van der Waals surface area contributed by atoms with Gasteiger partial charge >= 0.3 is 0 Å². The summed E-state index contributed by atoms with van der Waals surface area (Å²) in [4.78, 5) is 13.5. The van der Waals surface area contributed by atoms with Gasteiger partial charge in [0.1, 0.15) is 0 Å². The fourth-order valence-electron chi connectivity index (χ4n) is 1.64. The van der Waals surface area contributed by atoms with Crippen molar-refractivity contribution in [2.24, 2.45) is 5.92 Å². The molecule has 0 radical (unpaired) electrons. The average Bonchev–Trinajstić information content (AvgIpc) is 2.03. The van der Waals surface area contributed by atoms with Gasteiger partial charge in [-0.05, 0) is 25.7 Å². The van der Waals surface area contributed by atoms with Crippen LogP contribution in [-0.4, -0.2) is 28.7 Å². The summed E-state index contributed by atoms with van der Waals surface area (Å²) in [7, 11) is 0. The molecule has 12 heavy (non-hydrogen) atoms. The smallest absolute Gasteiger partial charge is 0.236 e. The van der Waals surface area contributed by atoms with Crippen LogP contribution in [0.5, 0.6) is 0 Å². The van der Waals surface area contributed by atoms with E-state index in [4.69, 9.17) is 0 Å². The lowest BCUT2D eigenvalue weighted by Gasteiger charge is -2.31. The normalized spacial score (nSPS) is 26.9. The molecule has 3 heteroatoms. The zero-order valence-electron chi connectivity index (χ0n) is 7.72. The molecule has 2 unspecified atom stereocenters. The summed E-state index contributed by atoms with van der Waals surface area (Å²) < 4.78 is 0. The van der Waals surface area contributed by atoms with E-state index in [0.717, 1.165) is 19.5 Å². The van der Waals surface area contributed by atoms with Crippen LogP contribution >= 0.6 is 15.9 Å². The second-order valence-electron chi connectivity index (χ2n) is 3.65. The van der Waals surface area contributed by atoms with Crippen LogP contribution in [0.4, 0.5) is 0 Å². The Hall–Kier alpha value is -0.0500. The van der Waals surface area contributed by atoms with E-state index in [1.807, 2.05) is 11.8 Å². The van der Waals surface area contributed by atoms with Crippen LogP contribution in [-0.2, 0) is 4.79 Å². The summed E-state index contributed by atoms with van der Waals surface area (Å²) in [6, 6.07) is 0. The Morgan fingerprint density at radius 1 is 1.67 bits per heavy atom. The number of halogens is 1. The van der Waals surface area contributed by atoms with Crippen LogP contribution in [0.1, 0.15) is 26.7 Å². The quantitative estimate of drug-likeness (QED) is 0.635. The molecular formula is C9H16BrNO. The third kappa shape index (κ3) is 2.47. The maximum atomic E-state index is 11.5. The SMILES string of the molecule is CC1CCCN(C(=O)C(C)Br)C1. The number of nitrogens with zero attached hydrogens (tertiary/aromatic N) is 1. The van der Waals surface area contributed by atoms with Crippen molar-refractivity contribution in [3.8, 4) is 0 Å². The van der Waals surface area contributed by atoms with Crippen LogP contribution in [0.2, 0.25) is 0 Å². The van der Waals surface area contributed by atoms with Crippen LogP contribution in [0, 0.1) is 5.92 Å². The van der Waals surface area contributed by atoms with Gasteiger partial charge in [0.05, 0.1) is 4.83 Å². The van der Waals surface area contributed by atoms with E-state index in [1.165, 1.54) is 6.42 Å². The molecule has 0 N–H and O–H groups in total. The largest absolute Gasteiger partial charge is 0.341 e. The van der Waals surface area contributed by atoms with Gasteiger partial charge in [-0.1, -0.05) is 22.9 Å². The van der Waals surface area contributed by atoms with Crippen molar-refractivity contribution < 1.29 is 4.79 Å². The van der Waals surface area contributed by atoms with Crippen molar-refractivity contribution in [1.82, 2.24) is 4.90 Å². The lowest BCUT2D eigenvalue weighted by atomic mass is 10.0. The standard InChI is InChI=1S/C9H16BrNO/c1-7-4-3-5-11(6-7)9(12)8(2)10/h7-8H,3-6H2,1-2H3. The predicted octanol–water partition coefficient (Wildman–Crippen LogP) is 2.03. The first kappa shape index (κ1) is 10.0. The molecule has 0 bridgehead atoms. The zero-order valence-corrected chi connectivity index (χ0v) is 9.30. The summed E-state index contributed by atoms with van der Waals surface area (Å²) >= 11 is 3.30. The zero-order chi connectivity index (χ0) is 9.14. The Morgan fingerprint density at radius 2 is 2.33 bits per heavy atom. The van der Waals surface area contributed by atoms with Gasteiger partial charge in [0, 0.05) is 13.1 Å². The number of likely N-dealkylation sites (tertiary alicyclic amines) is 1. The van der Waals surface area contributed by atoms with E-state index in [-0.39, 0.29) is 10.7 Å². The van der Waals surface area contributed by atoms with Crippen molar-refractivity contribution in [2.45, 2.75) is 31.5 Å². The van der Waals surface area contributed by atoms with Crippen LogP contribution in [0.25, 0.3) is 0 Å². The Labute approximate surface area is 82.4 Å². The van der Waals surface area contributed by atoms with Gasteiger partial charge < -0.3 is 4.90 Å². The Morgan fingerprint density at radius 3 is 2.83 bits per heavy atom. The molecule has 70 valence electrons.